The van der Waals surface area contributed by atoms with Crippen LogP contribution in [0.4, 0.5) is 0 Å². The Morgan fingerprint density at radius 2 is 1.83 bits per heavy atom. The van der Waals surface area contributed by atoms with Crippen molar-refractivity contribution in [3.05, 3.63) is 57.6 Å². The average Bonchev–Trinajstić information content (AvgIpc) is 2.75. The molecule has 0 saturated carbocycles. The van der Waals surface area contributed by atoms with E-state index in [1.807, 2.05) is 38.1 Å². The van der Waals surface area contributed by atoms with E-state index in [-0.39, 0.29) is 5.57 Å². The summed E-state index contributed by atoms with van der Waals surface area (Å²) in [5.74, 6) is -1.62. The Morgan fingerprint density at radius 3 is 2.53 bits per heavy atom. The standard InChI is InChI=1S/C24H23BrO5/c1-3-24(4-2)29-22(26)18(23(27)30-24)11-5-10-17-16-9-6-12-20(25)19(16)14-15-8-7-13-28-21(15)17/h5-6,9-12,14H,3-4,7-8,13H2,1-2H3. The summed E-state index contributed by atoms with van der Waals surface area (Å²) in [4.78, 5) is 24.8. The van der Waals surface area contributed by atoms with Crippen LogP contribution in [0.25, 0.3) is 16.8 Å². The zero-order valence-electron chi connectivity index (χ0n) is 17.0. The van der Waals surface area contributed by atoms with Gasteiger partial charge in [0.05, 0.1) is 6.61 Å². The highest BCUT2D eigenvalue weighted by Gasteiger charge is 2.43. The molecule has 1 fully saturated rings. The zero-order valence-corrected chi connectivity index (χ0v) is 18.6. The second-order valence-corrected chi connectivity index (χ2v) is 8.26. The predicted molar refractivity (Wildman–Crippen MR) is 118 cm³/mol. The number of cyclic esters (lactones) is 2. The van der Waals surface area contributed by atoms with E-state index in [4.69, 9.17) is 14.2 Å². The zero-order chi connectivity index (χ0) is 21.3. The van der Waals surface area contributed by atoms with Crippen LogP contribution in [-0.4, -0.2) is 24.3 Å². The van der Waals surface area contributed by atoms with Crippen LogP contribution < -0.4 is 4.74 Å². The van der Waals surface area contributed by atoms with Crippen LogP contribution in [0.1, 0.15) is 44.2 Å². The van der Waals surface area contributed by atoms with Gasteiger partial charge in [-0.15, -0.1) is 0 Å². The number of ether oxygens (including phenoxy) is 3. The molecule has 1 saturated heterocycles. The normalized spacial score (nSPS) is 18.0. The number of halogens is 1. The molecule has 0 unspecified atom stereocenters. The number of rotatable bonds is 4. The van der Waals surface area contributed by atoms with Gasteiger partial charge in [0.2, 0.25) is 0 Å². The number of hydrogen-bond acceptors (Lipinski definition) is 5. The lowest BCUT2D eigenvalue weighted by Gasteiger charge is -2.34. The molecule has 2 heterocycles. The van der Waals surface area contributed by atoms with E-state index in [0.29, 0.717) is 19.4 Å². The number of allylic oxidation sites excluding steroid dienone is 2. The third-order valence-corrected chi connectivity index (χ3v) is 6.33. The first-order chi connectivity index (χ1) is 14.5. The lowest BCUT2D eigenvalue weighted by atomic mass is 9.95. The minimum Gasteiger partial charge on any atom is -0.493 e. The van der Waals surface area contributed by atoms with Crippen molar-refractivity contribution in [2.75, 3.05) is 6.61 Å². The van der Waals surface area contributed by atoms with Gasteiger partial charge in [0.1, 0.15) is 11.3 Å². The molecule has 0 amide bonds. The Bertz CT molecular complexity index is 1060. The minimum absolute atomic E-state index is 0.111. The third kappa shape index (κ3) is 3.65. The Kier molecular flexibility index (Phi) is 5.69. The fraction of sp³-hybridized carbons (Fsp3) is 0.333. The molecule has 2 aromatic carbocycles. The van der Waals surface area contributed by atoms with Gasteiger partial charge in [-0.1, -0.05) is 54.1 Å². The number of hydrogen-bond donors (Lipinski definition) is 0. The van der Waals surface area contributed by atoms with Gasteiger partial charge in [-0.25, -0.2) is 9.59 Å². The molecule has 2 aliphatic rings. The van der Waals surface area contributed by atoms with Crippen LogP contribution in [0.2, 0.25) is 0 Å². The summed E-state index contributed by atoms with van der Waals surface area (Å²) in [6.07, 6.45) is 7.75. The van der Waals surface area contributed by atoms with E-state index >= 15 is 0 Å². The summed E-state index contributed by atoms with van der Waals surface area (Å²) in [6.45, 7) is 4.31. The molecule has 0 atom stereocenters. The highest BCUT2D eigenvalue weighted by molar-refractivity contribution is 9.10. The van der Waals surface area contributed by atoms with Crippen molar-refractivity contribution < 1.29 is 23.8 Å². The van der Waals surface area contributed by atoms with Crippen molar-refractivity contribution in [1.29, 1.82) is 0 Å². The molecule has 30 heavy (non-hydrogen) atoms. The Labute approximate surface area is 183 Å². The second kappa shape index (κ2) is 8.26. The van der Waals surface area contributed by atoms with Crippen molar-refractivity contribution in [2.45, 2.75) is 45.3 Å². The minimum atomic E-state index is -1.16. The van der Waals surface area contributed by atoms with E-state index in [0.717, 1.165) is 45.0 Å². The lowest BCUT2D eigenvalue weighted by molar-refractivity contribution is -0.237. The SMILES string of the molecule is CCC1(CC)OC(=O)C(=CC=Cc2c3c(cc4c(Br)cccc24)CCCO3)C(=O)O1. The first-order valence-electron chi connectivity index (χ1n) is 10.2. The van der Waals surface area contributed by atoms with Crippen molar-refractivity contribution in [2.24, 2.45) is 0 Å². The molecule has 0 aliphatic carbocycles. The molecule has 0 radical (unpaired) electrons. The Morgan fingerprint density at radius 1 is 1.10 bits per heavy atom. The van der Waals surface area contributed by atoms with Gasteiger partial charge in [-0.2, -0.15) is 0 Å². The van der Waals surface area contributed by atoms with Crippen molar-refractivity contribution in [1.82, 2.24) is 0 Å². The van der Waals surface area contributed by atoms with Gasteiger partial charge in [0.25, 0.3) is 5.79 Å². The van der Waals surface area contributed by atoms with Gasteiger partial charge >= 0.3 is 11.9 Å². The highest BCUT2D eigenvalue weighted by Crippen LogP contribution is 2.39. The molecule has 5 nitrogen and oxygen atoms in total. The van der Waals surface area contributed by atoms with Gasteiger partial charge in [0.15, 0.2) is 0 Å². The number of carbonyl (C=O) groups is 2. The molecule has 0 aromatic heterocycles. The van der Waals surface area contributed by atoms with E-state index in [9.17, 15) is 9.59 Å². The van der Waals surface area contributed by atoms with Gasteiger partial charge in [-0.05, 0) is 47.4 Å². The predicted octanol–water partition coefficient (Wildman–Crippen LogP) is 5.48. The number of fused-ring (bicyclic) bond motifs is 2. The van der Waals surface area contributed by atoms with E-state index in [1.54, 1.807) is 6.08 Å². The average molecular weight is 471 g/mol. The van der Waals surface area contributed by atoms with E-state index in [2.05, 4.69) is 22.0 Å². The molecule has 2 aromatic rings. The maximum absolute atomic E-state index is 12.4. The quantitative estimate of drug-likeness (QED) is 0.336. The summed E-state index contributed by atoms with van der Waals surface area (Å²) in [6, 6.07) is 8.18. The lowest BCUT2D eigenvalue weighted by Crippen LogP contribution is -2.45. The maximum atomic E-state index is 12.4. The van der Waals surface area contributed by atoms with Crippen molar-refractivity contribution >= 4 is 44.7 Å². The maximum Gasteiger partial charge on any atom is 0.348 e. The Hall–Kier alpha value is -2.60. The molecule has 4 rings (SSSR count). The van der Waals surface area contributed by atoms with Crippen molar-refractivity contribution in [3.63, 3.8) is 0 Å². The summed E-state index contributed by atoms with van der Waals surface area (Å²) < 4.78 is 17.8. The summed E-state index contributed by atoms with van der Waals surface area (Å²) >= 11 is 3.63. The van der Waals surface area contributed by atoms with Gasteiger partial charge in [-0.3, -0.25) is 0 Å². The molecule has 156 valence electrons. The summed E-state index contributed by atoms with van der Waals surface area (Å²) in [7, 11) is 0. The molecular formula is C24H23BrO5. The van der Waals surface area contributed by atoms with Crippen LogP contribution in [0, 0.1) is 0 Å². The molecule has 0 bridgehead atoms. The van der Waals surface area contributed by atoms with Crippen molar-refractivity contribution in [3.8, 4) is 5.75 Å². The number of carbonyl (C=O) groups excluding carboxylic acids is 2. The number of benzene rings is 2. The molecular weight excluding hydrogens is 448 g/mol. The molecule has 6 heteroatoms. The summed E-state index contributed by atoms with van der Waals surface area (Å²) in [5.41, 5.74) is 1.97. The molecule has 0 spiro atoms. The fourth-order valence-corrected chi connectivity index (χ4v) is 4.36. The first-order valence-corrected chi connectivity index (χ1v) is 11.0. The molecule has 2 aliphatic heterocycles. The van der Waals surface area contributed by atoms with E-state index in [1.165, 1.54) is 6.08 Å². The van der Waals surface area contributed by atoms with Crippen LogP contribution in [0.3, 0.4) is 0 Å². The second-order valence-electron chi connectivity index (χ2n) is 7.40. The largest absolute Gasteiger partial charge is 0.493 e. The van der Waals surface area contributed by atoms with Gasteiger partial charge in [0, 0.05) is 22.9 Å². The smallest absolute Gasteiger partial charge is 0.348 e. The highest BCUT2D eigenvalue weighted by atomic mass is 79.9. The summed E-state index contributed by atoms with van der Waals surface area (Å²) in [5, 5.41) is 2.13. The number of aryl methyl sites for hydroxylation is 1. The first kappa shape index (κ1) is 20.7. The third-order valence-electron chi connectivity index (χ3n) is 5.64. The van der Waals surface area contributed by atoms with E-state index < -0.39 is 17.7 Å². The topological polar surface area (TPSA) is 61.8 Å². The Balaban J connectivity index is 1.72. The van der Waals surface area contributed by atoms with Crippen LogP contribution >= 0.6 is 15.9 Å². The number of esters is 2. The fourth-order valence-electron chi connectivity index (χ4n) is 3.88. The van der Waals surface area contributed by atoms with Gasteiger partial charge < -0.3 is 14.2 Å². The molecule has 0 N–H and O–H groups in total. The monoisotopic (exact) mass is 470 g/mol. The van der Waals surface area contributed by atoms with Crippen LogP contribution in [-0.2, 0) is 25.5 Å². The van der Waals surface area contributed by atoms with Crippen LogP contribution in [0.15, 0.2) is 46.5 Å². The van der Waals surface area contributed by atoms with Crippen LogP contribution in [0.5, 0.6) is 5.75 Å².